The summed E-state index contributed by atoms with van der Waals surface area (Å²) in [7, 11) is 1.45. The predicted octanol–water partition coefficient (Wildman–Crippen LogP) is 0.733. The summed E-state index contributed by atoms with van der Waals surface area (Å²) in [5.41, 5.74) is 0. The van der Waals surface area contributed by atoms with Crippen molar-refractivity contribution in [3.05, 3.63) is 0 Å². The lowest BCUT2D eigenvalue weighted by atomic mass is 10.2. The summed E-state index contributed by atoms with van der Waals surface area (Å²) >= 11 is 0. The van der Waals surface area contributed by atoms with Crippen LogP contribution in [0.3, 0.4) is 0 Å². The van der Waals surface area contributed by atoms with Crippen molar-refractivity contribution in [2.75, 3.05) is 13.7 Å². The van der Waals surface area contributed by atoms with E-state index < -0.39 is 12.1 Å². The number of aliphatic carboxylic acids is 1. The Morgan fingerprint density at radius 1 is 1.40 bits per heavy atom. The Bertz CT molecular complexity index is 223. The van der Waals surface area contributed by atoms with Gasteiger partial charge in [0.1, 0.15) is 12.6 Å². The quantitative estimate of drug-likeness (QED) is 0.712. The van der Waals surface area contributed by atoms with Gasteiger partial charge in [-0.25, -0.2) is 0 Å². The molecule has 0 radical (unpaired) electrons. The molecular formula is C10H19NO4. The molecule has 1 unspecified atom stereocenters. The van der Waals surface area contributed by atoms with Crippen molar-refractivity contribution in [2.24, 2.45) is 0 Å². The molecule has 88 valence electrons. The van der Waals surface area contributed by atoms with Crippen LogP contribution in [0.25, 0.3) is 0 Å². The van der Waals surface area contributed by atoms with E-state index in [0.717, 1.165) is 0 Å². The highest BCUT2D eigenvalue weighted by molar-refractivity contribution is 5.84. The highest BCUT2D eigenvalue weighted by atomic mass is 16.5. The molecule has 0 saturated carbocycles. The topological polar surface area (TPSA) is 66.8 Å². The van der Waals surface area contributed by atoms with Crippen molar-refractivity contribution in [1.82, 2.24) is 4.90 Å². The molecule has 1 N–H and O–H groups in total. The van der Waals surface area contributed by atoms with E-state index in [2.05, 4.69) is 0 Å². The fraction of sp³-hybridized carbons (Fsp3) is 0.800. The van der Waals surface area contributed by atoms with Gasteiger partial charge < -0.3 is 14.7 Å². The Labute approximate surface area is 90.0 Å². The summed E-state index contributed by atoms with van der Waals surface area (Å²) in [6.07, 6.45) is -0.00945. The van der Waals surface area contributed by atoms with Crippen LogP contribution in [0, 0.1) is 0 Å². The minimum Gasteiger partial charge on any atom is -0.480 e. The van der Waals surface area contributed by atoms with Crippen molar-refractivity contribution < 1.29 is 19.4 Å². The molecule has 0 saturated heterocycles. The molecule has 0 fully saturated rings. The van der Waals surface area contributed by atoms with E-state index in [4.69, 9.17) is 9.84 Å². The second kappa shape index (κ2) is 6.40. The van der Waals surface area contributed by atoms with Crippen molar-refractivity contribution in [3.63, 3.8) is 0 Å². The van der Waals surface area contributed by atoms with E-state index in [1.54, 1.807) is 13.8 Å². The summed E-state index contributed by atoms with van der Waals surface area (Å²) < 4.78 is 4.99. The first-order valence-corrected chi connectivity index (χ1v) is 4.99. The fourth-order valence-corrected chi connectivity index (χ4v) is 1.29. The van der Waals surface area contributed by atoms with Gasteiger partial charge in [-0.3, -0.25) is 9.59 Å². The van der Waals surface area contributed by atoms with E-state index in [0.29, 0.717) is 6.42 Å². The van der Waals surface area contributed by atoms with E-state index >= 15 is 0 Å². The van der Waals surface area contributed by atoms with Crippen molar-refractivity contribution in [1.29, 1.82) is 0 Å². The lowest BCUT2D eigenvalue weighted by Crippen LogP contribution is -2.46. The molecule has 0 bridgehead atoms. The van der Waals surface area contributed by atoms with Gasteiger partial charge in [0.15, 0.2) is 0 Å². The molecule has 0 aromatic heterocycles. The number of methoxy groups -OCH3 is 1. The van der Waals surface area contributed by atoms with Gasteiger partial charge in [0.25, 0.3) is 5.91 Å². The zero-order valence-electron chi connectivity index (χ0n) is 9.69. The minimum atomic E-state index is -1.01. The predicted molar refractivity (Wildman–Crippen MR) is 55.6 cm³/mol. The number of amides is 1. The van der Waals surface area contributed by atoms with Crippen molar-refractivity contribution >= 4 is 11.9 Å². The molecule has 0 heterocycles. The third-order valence-electron chi connectivity index (χ3n) is 2.14. The smallest absolute Gasteiger partial charge is 0.323 e. The molecule has 0 aliphatic heterocycles. The van der Waals surface area contributed by atoms with E-state index in [1.807, 2.05) is 6.92 Å². The van der Waals surface area contributed by atoms with Crippen LogP contribution in [0.4, 0.5) is 0 Å². The van der Waals surface area contributed by atoms with Crippen LogP contribution in [0.5, 0.6) is 0 Å². The molecule has 0 aromatic carbocycles. The van der Waals surface area contributed by atoms with Crippen LogP contribution < -0.4 is 0 Å². The highest BCUT2D eigenvalue weighted by Gasteiger charge is 2.26. The van der Waals surface area contributed by atoms with Gasteiger partial charge in [0, 0.05) is 13.2 Å². The van der Waals surface area contributed by atoms with Crippen LogP contribution in [0.2, 0.25) is 0 Å². The van der Waals surface area contributed by atoms with Gasteiger partial charge in [-0.2, -0.15) is 0 Å². The molecule has 0 aromatic rings. The maximum absolute atomic E-state index is 11.8. The number of carbonyl (C=O) groups excluding carboxylic acids is 1. The monoisotopic (exact) mass is 217 g/mol. The molecule has 5 nitrogen and oxygen atoms in total. The van der Waals surface area contributed by atoms with Crippen LogP contribution in [0.1, 0.15) is 27.2 Å². The molecular weight excluding hydrogens is 198 g/mol. The van der Waals surface area contributed by atoms with Crippen molar-refractivity contribution in [2.45, 2.75) is 39.3 Å². The molecule has 1 atom stereocenters. The number of ether oxygens (including phenoxy) is 1. The van der Waals surface area contributed by atoms with Crippen molar-refractivity contribution in [3.8, 4) is 0 Å². The molecule has 0 aliphatic carbocycles. The minimum absolute atomic E-state index is 0.141. The van der Waals surface area contributed by atoms with E-state index in [-0.39, 0.29) is 18.5 Å². The SMILES string of the molecule is CCC(OC)C(=O)N(CC(=O)O)C(C)C. The molecule has 0 aliphatic rings. The summed E-state index contributed by atoms with van der Waals surface area (Å²) in [5, 5.41) is 8.67. The number of hydrogen-bond donors (Lipinski definition) is 1. The number of carboxylic acid groups (broad SMARTS) is 1. The van der Waals surface area contributed by atoms with Gasteiger partial charge >= 0.3 is 5.97 Å². The average molecular weight is 217 g/mol. The van der Waals surface area contributed by atoms with Crippen LogP contribution >= 0.6 is 0 Å². The lowest BCUT2D eigenvalue weighted by Gasteiger charge is -2.28. The van der Waals surface area contributed by atoms with Crippen LogP contribution in [-0.4, -0.2) is 47.7 Å². The Morgan fingerprint density at radius 2 is 1.93 bits per heavy atom. The van der Waals surface area contributed by atoms with Gasteiger partial charge in [-0.05, 0) is 20.3 Å². The van der Waals surface area contributed by atoms with E-state index in [1.165, 1.54) is 12.0 Å². The molecule has 1 amide bonds. The summed E-state index contributed by atoms with van der Waals surface area (Å²) in [6, 6.07) is -0.141. The zero-order chi connectivity index (χ0) is 12.0. The summed E-state index contributed by atoms with van der Waals surface area (Å²) in [5.74, 6) is -1.28. The van der Waals surface area contributed by atoms with Crippen LogP contribution in [0.15, 0.2) is 0 Å². The second-order valence-corrected chi connectivity index (χ2v) is 3.59. The highest BCUT2D eigenvalue weighted by Crippen LogP contribution is 2.06. The Balaban J connectivity index is 4.60. The van der Waals surface area contributed by atoms with Gasteiger partial charge in [0.2, 0.25) is 0 Å². The standard InChI is InChI=1S/C10H19NO4/c1-5-8(15-4)10(14)11(7(2)3)6-9(12)13/h7-8H,5-6H2,1-4H3,(H,12,13). The first-order chi connectivity index (χ1) is 6.93. The Kier molecular flexibility index (Phi) is 5.93. The molecule has 5 heteroatoms. The Morgan fingerprint density at radius 3 is 2.20 bits per heavy atom. The number of carbonyl (C=O) groups is 2. The van der Waals surface area contributed by atoms with Gasteiger partial charge in [-0.1, -0.05) is 6.92 Å². The fourth-order valence-electron chi connectivity index (χ4n) is 1.29. The van der Waals surface area contributed by atoms with Gasteiger partial charge in [-0.15, -0.1) is 0 Å². The normalized spacial score (nSPS) is 12.6. The number of nitrogens with zero attached hydrogens (tertiary/aromatic N) is 1. The van der Waals surface area contributed by atoms with Crippen LogP contribution in [-0.2, 0) is 14.3 Å². The molecule has 0 rings (SSSR count). The number of carboxylic acids is 1. The third kappa shape index (κ3) is 4.29. The molecule has 15 heavy (non-hydrogen) atoms. The molecule has 0 spiro atoms. The Hall–Kier alpha value is -1.10. The first-order valence-electron chi connectivity index (χ1n) is 4.99. The summed E-state index contributed by atoms with van der Waals surface area (Å²) in [4.78, 5) is 23.7. The summed E-state index contributed by atoms with van der Waals surface area (Å²) in [6.45, 7) is 5.11. The maximum atomic E-state index is 11.8. The number of rotatable bonds is 6. The largest absolute Gasteiger partial charge is 0.480 e. The maximum Gasteiger partial charge on any atom is 0.323 e. The third-order valence-corrected chi connectivity index (χ3v) is 2.14. The first kappa shape index (κ1) is 13.9. The van der Waals surface area contributed by atoms with E-state index in [9.17, 15) is 9.59 Å². The lowest BCUT2D eigenvalue weighted by molar-refractivity contribution is -0.151. The number of hydrogen-bond acceptors (Lipinski definition) is 3. The zero-order valence-corrected chi connectivity index (χ0v) is 9.69. The van der Waals surface area contributed by atoms with Gasteiger partial charge in [0.05, 0.1) is 0 Å². The second-order valence-electron chi connectivity index (χ2n) is 3.59. The average Bonchev–Trinajstić information content (AvgIpc) is 2.15.